The number of hydrogen-bond acceptors (Lipinski definition) is 7. The van der Waals surface area contributed by atoms with E-state index in [2.05, 4.69) is 15.9 Å². The molecule has 0 saturated carbocycles. The zero-order chi connectivity index (χ0) is 23.8. The van der Waals surface area contributed by atoms with Gasteiger partial charge in [0.1, 0.15) is 35.2 Å². The first-order chi connectivity index (χ1) is 15.7. The van der Waals surface area contributed by atoms with Crippen molar-refractivity contribution < 1.29 is 28.2 Å². The Morgan fingerprint density at radius 1 is 1.18 bits per heavy atom. The average Bonchev–Trinajstić information content (AvgIpc) is 3.20. The van der Waals surface area contributed by atoms with Gasteiger partial charge in [0.05, 0.1) is 12.5 Å². The first-order valence-corrected chi connectivity index (χ1v) is 11.6. The van der Waals surface area contributed by atoms with Crippen LogP contribution in [0, 0.1) is 5.41 Å². The normalized spacial score (nSPS) is 19.8. The molecule has 0 amide bonds. The number of benzene rings is 1. The van der Waals surface area contributed by atoms with Crippen LogP contribution in [0.1, 0.15) is 51.1 Å². The van der Waals surface area contributed by atoms with Gasteiger partial charge in [-0.15, -0.1) is 0 Å². The number of rotatable bonds is 6. The number of carbonyl (C=O) groups is 2. The molecule has 0 saturated heterocycles. The highest BCUT2D eigenvalue weighted by Gasteiger charge is 2.46. The third kappa shape index (κ3) is 4.85. The maximum Gasteiger partial charge on any atom is 0.340 e. The number of nitrogens with two attached hydrogens (primary N) is 1. The molecule has 1 aliphatic heterocycles. The van der Waals surface area contributed by atoms with Crippen molar-refractivity contribution in [3.05, 3.63) is 75.2 Å². The smallest absolute Gasteiger partial charge is 0.340 e. The fourth-order valence-electron chi connectivity index (χ4n) is 4.19. The minimum absolute atomic E-state index is 0.0632. The molecule has 1 aliphatic carbocycles. The molecule has 33 heavy (non-hydrogen) atoms. The summed E-state index contributed by atoms with van der Waals surface area (Å²) in [5, 5.41) is 0. The Balaban J connectivity index is 1.67. The first-order valence-electron chi connectivity index (χ1n) is 10.8. The Morgan fingerprint density at radius 2 is 1.91 bits per heavy atom. The summed E-state index contributed by atoms with van der Waals surface area (Å²) in [6, 6.07) is 10.9. The number of allylic oxidation sites excluding steroid dienone is 2. The fourth-order valence-corrected chi connectivity index (χ4v) is 4.45. The highest BCUT2D eigenvalue weighted by Crippen LogP contribution is 2.48. The second-order valence-electron chi connectivity index (χ2n) is 8.86. The minimum Gasteiger partial charge on any atom is -0.486 e. The lowest BCUT2D eigenvalue weighted by molar-refractivity contribution is -0.139. The van der Waals surface area contributed by atoms with Gasteiger partial charge in [0, 0.05) is 22.9 Å². The summed E-state index contributed by atoms with van der Waals surface area (Å²) in [4.78, 5) is 26.0. The van der Waals surface area contributed by atoms with Crippen LogP contribution >= 0.6 is 15.9 Å². The topological polar surface area (TPSA) is 101 Å². The second-order valence-corrected chi connectivity index (χ2v) is 9.77. The van der Waals surface area contributed by atoms with Crippen LogP contribution < -0.4 is 10.5 Å². The van der Waals surface area contributed by atoms with Crippen LogP contribution in [0.4, 0.5) is 0 Å². The highest BCUT2D eigenvalue weighted by molar-refractivity contribution is 9.10. The summed E-state index contributed by atoms with van der Waals surface area (Å²) in [6.07, 6.45) is 0.865. The fraction of sp³-hybridized carbons (Fsp3) is 0.360. The molecule has 0 fully saturated rings. The standard InChI is InChI=1S/C25H26BrNO6/c1-4-30-24(29)22-21(20-17(28)11-25(2,3)12-19(20)33-23(22)27)18-10-9-16(32-18)13-31-15-7-5-14(26)6-8-15/h5-10,21H,4,11-13,27H2,1-3H3/t21-/m0/s1. The van der Waals surface area contributed by atoms with Crippen LogP contribution in [0.3, 0.4) is 0 Å². The Morgan fingerprint density at radius 3 is 2.61 bits per heavy atom. The van der Waals surface area contributed by atoms with E-state index in [-0.39, 0.29) is 35.9 Å². The van der Waals surface area contributed by atoms with Gasteiger partial charge >= 0.3 is 5.97 Å². The number of ether oxygens (including phenoxy) is 3. The molecule has 8 heteroatoms. The van der Waals surface area contributed by atoms with E-state index in [9.17, 15) is 9.59 Å². The van der Waals surface area contributed by atoms with E-state index in [0.717, 1.165) is 4.47 Å². The second kappa shape index (κ2) is 9.09. The summed E-state index contributed by atoms with van der Waals surface area (Å²) >= 11 is 3.39. The Hall–Kier alpha value is -3.00. The average molecular weight is 516 g/mol. The van der Waals surface area contributed by atoms with Crippen LogP contribution in [0.2, 0.25) is 0 Å². The van der Waals surface area contributed by atoms with E-state index in [1.807, 2.05) is 38.1 Å². The van der Waals surface area contributed by atoms with Crippen molar-refractivity contribution in [3.63, 3.8) is 0 Å². The van der Waals surface area contributed by atoms with Gasteiger partial charge in [0.25, 0.3) is 0 Å². The lowest BCUT2D eigenvalue weighted by Crippen LogP contribution is -2.35. The molecule has 0 unspecified atom stereocenters. The number of hydrogen-bond donors (Lipinski definition) is 1. The number of Topliss-reactive ketones (excluding diaryl/α,β-unsaturated/α-hetero) is 1. The van der Waals surface area contributed by atoms with Crippen molar-refractivity contribution in [2.24, 2.45) is 11.1 Å². The number of furan rings is 1. The number of halogens is 1. The Bertz CT molecular complexity index is 1140. The zero-order valence-electron chi connectivity index (χ0n) is 18.8. The molecule has 174 valence electrons. The van der Waals surface area contributed by atoms with Gasteiger partial charge in [-0.25, -0.2) is 4.79 Å². The van der Waals surface area contributed by atoms with Crippen molar-refractivity contribution >= 4 is 27.7 Å². The van der Waals surface area contributed by atoms with Crippen LogP contribution in [-0.4, -0.2) is 18.4 Å². The van der Waals surface area contributed by atoms with Gasteiger partial charge in [-0.05, 0) is 48.7 Å². The van der Waals surface area contributed by atoms with E-state index in [4.69, 9.17) is 24.4 Å². The van der Waals surface area contributed by atoms with Crippen molar-refractivity contribution in [1.82, 2.24) is 0 Å². The largest absolute Gasteiger partial charge is 0.486 e. The van der Waals surface area contributed by atoms with Gasteiger partial charge in [-0.2, -0.15) is 0 Å². The van der Waals surface area contributed by atoms with Crippen LogP contribution in [0.15, 0.2) is 68.1 Å². The molecule has 1 atom stereocenters. The van der Waals surface area contributed by atoms with Gasteiger partial charge in [-0.3, -0.25) is 4.79 Å². The van der Waals surface area contributed by atoms with E-state index >= 15 is 0 Å². The van der Waals surface area contributed by atoms with Crippen LogP contribution in [0.25, 0.3) is 0 Å². The molecule has 0 radical (unpaired) electrons. The monoisotopic (exact) mass is 515 g/mol. The molecule has 2 aliphatic rings. The van der Waals surface area contributed by atoms with E-state index in [0.29, 0.717) is 41.4 Å². The summed E-state index contributed by atoms with van der Waals surface area (Å²) in [6.45, 7) is 6.05. The molecule has 1 aromatic carbocycles. The lowest BCUT2D eigenvalue weighted by atomic mass is 9.71. The van der Waals surface area contributed by atoms with Crippen molar-refractivity contribution in [1.29, 1.82) is 0 Å². The van der Waals surface area contributed by atoms with Gasteiger partial charge in [0.15, 0.2) is 5.78 Å². The summed E-state index contributed by atoms with van der Waals surface area (Å²) in [5.74, 6) is 0.553. The highest BCUT2D eigenvalue weighted by atomic mass is 79.9. The third-order valence-corrected chi connectivity index (χ3v) is 6.14. The molecule has 4 rings (SSSR count). The van der Waals surface area contributed by atoms with Crippen molar-refractivity contribution in [2.75, 3.05) is 6.61 Å². The summed E-state index contributed by atoms with van der Waals surface area (Å²) in [5.41, 5.74) is 6.39. The molecule has 2 heterocycles. The number of esters is 1. The van der Waals surface area contributed by atoms with Crippen LogP contribution in [0.5, 0.6) is 5.75 Å². The van der Waals surface area contributed by atoms with Crippen molar-refractivity contribution in [2.45, 2.75) is 46.1 Å². The summed E-state index contributed by atoms with van der Waals surface area (Å²) in [7, 11) is 0. The molecule has 1 aromatic heterocycles. The van der Waals surface area contributed by atoms with E-state index in [1.54, 1.807) is 19.1 Å². The molecule has 0 spiro atoms. The predicted octanol–water partition coefficient (Wildman–Crippen LogP) is 5.11. The molecular formula is C25H26BrNO6. The molecular weight excluding hydrogens is 490 g/mol. The minimum atomic E-state index is -0.794. The van der Waals surface area contributed by atoms with Crippen LogP contribution in [-0.2, 0) is 25.7 Å². The third-order valence-electron chi connectivity index (χ3n) is 5.61. The van der Waals surface area contributed by atoms with Crippen molar-refractivity contribution in [3.8, 4) is 5.75 Å². The maximum atomic E-state index is 13.2. The zero-order valence-corrected chi connectivity index (χ0v) is 20.4. The Kier molecular flexibility index (Phi) is 6.38. The SMILES string of the molecule is CCOC(=O)C1=C(N)OC2=C(C(=O)CC(C)(C)C2)[C@@H]1c1ccc(COc2ccc(Br)cc2)o1. The lowest BCUT2D eigenvalue weighted by Gasteiger charge is -2.37. The summed E-state index contributed by atoms with van der Waals surface area (Å²) < 4.78 is 23.8. The number of ketones is 1. The predicted molar refractivity (Wildman–Crippen MR) is 124 cm³/mol. The Labute approximate surface area is 200 Å². The molecule has 7 nitrogen and oxygen atoms in total. The quantitative estimate of drug-likeness (QED) is 0.533. The maximum absolute atomic E-state index is 13.2. The van der Waals surface area contributed by atoms with E-state index in [1.165, 1.54) is 0 Å². The van der Waals surface area contributed by atoms with Gasteiger partial charge < -0.3 is 24.4 Å². The first kappa shape index (κ1) is 23.2. The van der Waals surface area contributed by atoms with Gasteiger partial charge in [-0.1, -0.05) is 29.8 Å². The molecule has 2 aromatic rings. The van der Waals surface area contributed by atoms with E-state index < -0.39 is 11.9 Å². The number of carbonyl (C=O) groups excluding carboxylic acids is 2. The van der Waals surface area contributed by atoms with Gasteiger partial charge in [0.2, 0.25) is 5.88 Å². The molecule has 0 bridgehead atoms. The molecule has 2 N–H and O–H groups in total.